The Morgan fingerprint density at radius 3 is 2.65 bits per heavy atom. The van der Waals surface area contributed by atoms with E-state index in [0.29, 0.717) is 11.4 Å². The Hall–Kier alpha value is -2.17. The number of aryl methyl sites for hydroxylation is 2. The van der Waals surface area contributed by atoms with Crippen molar-refractivity contribution in [3.8, 4) is 0 Å². The van der Waals surface area contributed by atoms with Gasteiger partial charge in [-0.2, -0.15) is 15.4 Å². The topological polar surface area (TPSA) is 70.7 Å². The standard InChI is InChI=1S/C12H14N4O/c1-7-5-4-6-10(8(7)2)13-12(17)11-9(3)14-16-15-11/h4-6H,1-3H3,(H,13,17)(H,14,15,16). The molecule has 2 aromatic rings. The number of amides is 1. The molecule has 0 spiro atoms. The number of aromatic nitrogens is 3. The van der Waals surface area contributed by atoms with Crippen LogP contribution in [0.4, 0.5) is 5.69 Å². The average molecular weight is 230 g/mol. The van der Waals surface area contributed by atoms with Crippen molar-refractivity contribution in [2.45, 2.75) is 20.8 Å². The molecule has 0 unspecified atom stereocenters. The van der Waals surface area contributed by atoms with Crippen molar-refractivity contribution in [1.29, 1.82) is 0 Å². The molecule has 0 fully saturated rings. The summed E-state index contributed by atoms with van der Waals surface area (Å²) in [7, 11) is 0. The monoisotopic (exact) mass is 230 g/mol. The number of H-pyrrole nitrogens is 1. The summed E-state index contributed by atoms with van der Waals surface area (Å²) >= 11 is 0. The summed E-state index contributed by atoms with van der Waals surface area (Å²) < 4.78 is 0. The van der Waals surface area contributed by atoms with E-state index in [1.165, 1.54) is 0 Å². The van der Waals surface area contributed by atoms with E-state index in [1.54, 1.807) is 6.92 Å². The van der Waals surface area contributed by atoms with Crippen molar-refractivity contribution in [1.82, 2.24) is 15.4 Å². The fourth-order valence-electron chi connectivity index (χ4n) is 1.57. The molecular weight excluding hydrogens is 216 g/mol. The average Bonchev–Trinajstić information content (AvgIpc) is 2.71. The summed E-state index contributed by atoms with van der Waals surface area (Å²) in [5.74, 6) is -0.245. The Bertz CT molecular complexity index is 559. The van der Waals surface area contributed by atoms with Crippen molar-refractivity contribution in [2.75, 3.05) is 5.32 Å². The highest BCUT2D eigenvalue weighted by molar-refractivity contribution is 6.03. The lowest BCUT2D eigenvalue weighted by Crippen LogP contribution is -2.14. The highest BCUT2D eigenvalue weighted by atomic mass is 16.2. The maximum atomic E-state index is 11.9. The molecule has 1 aromatic heterocycles. The second-order valence-electron chi connectivity index (χ2n) is 3.96. The second kappa shape index (κ2) is 4.37. The molecule has 2 N–H and O–H groups in total. The molecule has 0 radical (unpaired) electrons. The molecule has 0 aliphatic carbocycles. The highest BCUT2D eigenvalue weighted by Gasteiger charge is 2.14. The van der Waals surface area contributed by atoms with E-state index in [4.69, 9.17) is 0 Å². The number of hydrogen-bond donors (Lipinski definition) is 2. The molecule has 0 aliphatic rings. The van der Waals surface area contributed by atoms with Crippen LogP contribution in [-0.2, 0) is 0 Å². The molecule has 0 saturated carbocycles. The van der Waals surface area contributed by atoms with Gasteiger partial charge in [0.05, 0.1) is 5.69 Å². The molecule has 5 heteroatoms. The number of aromatic amines is 1. The number of benzene rings is 1. The van der Waals surface area contributed by atoms with Crippen LogP contribution in [-0.4, -0.2) is 21.3 Å². The molecule has 0 bridgehead atoms. The van der Waals surface area contributed by atoms with E-state index in [1.807, 2.05) is 32.0 Å². The molecule has 0 saturated heterocycles. The molecule has 88 valence electrons. The molecule has 1 amide bonds. The van der Waals surface area contributed by atoms with Crippen LogP contribution in [0.25, 0.3) is 0 Å². The number of nitrogens with one attached hydrogen (secondary N) is 2. The molecule has 1 heterocycles. The highest BCUT2D eigenvalue weighted by Crippen LogP contribution is 2.18. The van der Waals surface area contributed by atoms with Gasteiger partial charge in [0.1, 0.15) is 0 Å². The van der Waals surface area contributed by atoms with Gasteiger partial charge in [0, 0.05) is 5.69 Å². The first-order valence-corrected chi connectivity index (χ1v) is 5.34. The smallest absolute Gasteiger partial charge is 0.278 e. The Labute approximate surface area is 99.2 Å². The van der Waals surface area contributed by atoms with Crippen molar-refractivity contribution in [2.24, 2.45) is 0 Å². The predicted octanol–water partition coefficient (Wildman–Crippen LogP) is 1.98. The van der Waals surface area contributed by atoms with E-state index in [9.17, 15) is 4.79 Å². The Balaban J connectivity index is 2.25. The van der Waals surface area contributed by atoms with Gasteiger partial charge in [-0.1, -0.05) is 12.1 Å². The minimum absolute atomic E-state index is 0.245. The van der Waals surface area contributed by atoms with E-state index in [2.05, 4.69) is 20.7 Å². The van der Waals surface area contributed by atoms with E-state index >= 15 is 0 Å². The number of rotatable bonds is 2. The van der Waals surface area contributed by atoms with Crippen LogP contribution in [0.2, 0.25) is 0 Å². The van der Waals surface area contributed by atoms with Gasteiger partial charge in [0.15, 0.2) is 5.69 Å². The van der Waals surface area contributed by atoms with Crippen molar-refractivity contribution in [3.05, 3.63) is 40.7 Å². The number of nitrogens with zero attached hydrogens (tertiary/aromatic N) is 2. The van der Waals surface area contributed by atoms with Crippen molar-refractivity contribution in [3.63, 3.8) is 0 Å². The zero-order chi connectivity index (χ0) is 12.4. The largest absolute Gasteiger partial charge is 0.320 e. The minimum Gasteiger partial charge on any atom is -0.320 e. The lowest BCUT2D eigenvalue weighted by atomic mass is 10.1. The first-order valence-electron chi connectivity index (χ1n) is 5.34. The van der Waals surface area contributed by atoms with Crippen LogP contribution in [0.5, 0.6) is 0 Å². The maximum absolute atomic E-state index is 11.9. The minimum atomic E-state index is -0.245. The molecule has 5 nitrogen and oxygen atoms in total. The van der Waals surface area contributed by atoms with E-state index in [0.717, 1.165) is 16.8 Å². The van der Waals surface area contributed by atoms with Crippen LogP contribution in [0.3, 0.4) is 0 Å². The summed E-state index contributed by atoms with van der Waals surface area (Å²) in [6.07, 6.45) is 0. The Morgan fingerprint density at radius 2 is 2.00 bits per heavy atom. The maximum Gasteiger partial charge on any atom is 0.278 e. The van der Waals surface area contributed by atoms with Gasteiger partial charge in [-0.25, -0.2) is 0 Å². The Morgan fingerprint density at radius 1 is 1.24 bits per heavy atom. The zero-order valence-corrected chi connectivity index (χ0v) is 10.0. The number of anilines is 1. The first-order chi connectivity index (χ1) is 8.09. The third-order valence-electron chi connectivity index (χ3n) is 2.79. The quantitative estimate of drug-likeness (QED) is 0.828. The van der Waals surface area contributed by atoms with Gasteiger partial charge in [0.2, 0.25) is 0 Å². The molecule has 17 heavy (non-hydrogen) atoms. The van der Waals surface area contributed by atoms with Crippen molar-refractivity contribution >= 4 is 11.6 Å². The van der Waals surface area contributed by atoms with Crippen LogP contribution in [0, 0.1) is 20.8 Å². The van der Waals surface area contributed by atoms with E-state index < -0.39 is 0 Å². The summed E-state index contributed by atoms with van der Waals surface area (Å²) in [6, 6.07) is 5.79. The third-order valence-corrected chi connectivity index (χ3v) is 2.79. The normalized spacial score (nSPS) is 10.3. The summed E-state index contributed by atoms with van der Waals surface area (Å²) in [5.41, 5.74) is 3.91. The summed E-state index contributed by atoms with van der Waals surface area (Å²) in [4.78, 5) is 11.9. The number of carbonyl (C=O) groups is 1. The van der Waals surface area contributed by atoms with Gasteiger partial charge in [-0.15, -0.1) is 0 Å². The van der Waals surface area contributed by atoms with Gasteiger partial charge < -0.3 is 5.32 Å². The first kappa shape index (κ1) is 11.3. The SMILES string of the molecule is Cc1cccc(NC(=O)c2n[nH]nc2C)c1C. The lowest BCUT2D eigenvalue weighted by Gasteiger charge is -2.09. The van der Waals surface area contributed by atoms with Crippen LogP contribution < -0.4 is 5.32 Å². The molecule has 0 atom stereocenters. The van der Waals surface area contributed by atoms with Gasteiger partial charge >= 0.3 is 0 Å². The third kappa shape index (κ3) is 2.18. The van der Waals surface area contributed by atoms with Gasteiger partial charge in [0.25, 0.3) is 5.91 Å². The second-order valence-corrected chi connectivity index (χ2v) is 3.96. The fourth-order valence-corrected chi connectivity index (χ4v) is 1.57. The van der Waals surface area contributed by atoms with Crippen molar-refractivity contribution < 1.29 is 4.79 Å². The lowest BCUT2D eigenvalue weighted by molar-refractivity contribution is 0.102. The summed E-state index contributed by atoms with van der Waals surface area (Å²) in [6.45, 7) is 5.72. The molecule has 0 aliphatic heterocycles. The number of hydrogen-bond acceptors (Lipinski definition) is 3. The molecular formula is C12H14N4O. The molecule has 2 rings (SSSR count). The number of carbonyl (C=O) groups excluding carboxylic acids is 1. The van der Waals surface area contributed by atoms with Crippen LogP contribution >= 0.6 is 0 Å². The van der Waals surface area contributed by atoms with Gasteiger partial charge in [-0.3, -0.25) is 4.79 Å². The molecule has 1 aromatic carbocycles. The predicted molar refractivity (Wildman–Crippen MR) is 65.0 cm³/mol. The van der Waals surface area contributed by atoms with Crippen LogP contribution in [0.1, 0.15) is 27.3 Å². The zero-order valence-electron chi connectivity index (χ0n) is 10.0. The van der Waals surface area contributed by atoms with E-state index in [-0.39, 0.29) is 5.91 Å². The van der Waals surface area contributed by atoms with Gasteiger partial charge in [-0.05, 0) is 38.0 Å². The summed E-state index contributed by atoms with van der Waals surface area (Å²) in [5, 5.41) is 12.9. The fraction of sp³-hybridized carbons (Fsp3) is 0.250. The van der Waals surface area contributed by atoms with Crippen LogP contribution in [0.15, 0.2) is 18.2 Å². The Kier molecular flexibility index (Phi) is 2.91.